The minimum absolute atomic E-state index is 0.0575. The maximum absolute atomic E-state index is 13.8. The number of nitrogens with zero attached hydrogens (tertiary/aromatic N) is 1. The molecule has 0 bridgehead atoms. The first-order valence-electron chi connectivity index (χ1n) is 14.0. The van der Waals surface area contributed by atoms with Crippen LogP contribution in [0.15, 0.2) is 47.5 Å². The molecular formula is C31H41F2N3O3S. The molecular weight excluding hydrogens is 532 g/mol. The number of rotatable bonds is 9. The van der Waals surface area contributed by atoms with Gasteiger partial charge in [0.1, 0.15) is 17.2 Å². The number of hydrogen-bond acceptors (Lipinski definition) is 6. The number of amides is 1. The molecule has 0 unspecified atom stereocenters. The van der Waals surface area contributed by atoms with Crippen LogP contribution in [-0.2, 0) is 22.2 Å². The van der Waals surface area contributed by atoms with Gasteiger partial charge in [-0.15, -0.1) is 11.8 Å². The highest BCUT2D eigenvalue weighted by Crippen LogP contribution is 2.45. The molecule has 2 aromatic rings. The lowest BCUT2D eigenvalue weighted by atomic mass is 9.70. The number of aliphatic imine (C=N–C) groups is 1. The molecule has 9 heteroatoms. The van der Waals surface area contributed by atoms with E-state index in [1.165, 1.54) is 24.6 Å². The van der Waals surface area contributed by atoms with Crippen molar-refractivity contribution in [1.29, 1.82) is 0 Å². The SMILES string of the molecule is CC(=O)N[C@@H](Cc1cc(F)cc(F)c1)[C@H](O)CNC1(c2cccc(C(C)(C)C)c2)CCC(O)(C2=NCCS2)CC1. The summed E-state index contributed by atoms with van der Waals surface area (Å²) < 4.78 is 27.7. The van der Waals surface area contributed by atoms with Gasteiger partial charge < -0.3 is 20.8 Å². The molecule has 2 aliphatic rings. The van der Waals surface area contributed by atoms with E-state index >= 15 is 0 Å². The Morgan fingerprint density at radius 2 is 1.77 bits per heavy atom. The first kappa shape index (κ1) is 30.6. The first-order chi connectivity index (χ1) is 18.8. The Balaban J connectivity index is 1.58. The van der Waals surface area contributed by atoms with E-state index in [0.717, 1.165) is 29.0 Å². The van der Waals surface area contributed by atoms with Crippen molar-refractivity contribution in [2.45, 2.75) is 88.5 Å². The van der Waals surface area contributed by atoms with E-state index in [1.807, 2.05) is 6.07 Å². The smallest absolute Gasteiger partial charge is 0.217 e. The average molecular weight is 574 g/mol. The molecule has 1 aliphatic carbocycles. The number of nitrogens with one attached hydrogen (secondary N) is 2. The molecule has 0 aromatic heterocycles. The molecule has 1 fully saturated rings. The van der Waals surface area contributed by atoms with Gasteiger partial charge in [0, 0.05) is 37.4 Å². The van der Waals surface area contributed by atoms with Crippen LogP contribution in [0.1, 0.15) is 70.1 Å². The number of aliphatic hydroxyl groups is 2. The quantitative estimate of drug-likeness (QED) is 0.352. The summed E-state index contributed by atoms with van der Waals surface area (Å²) in [6.45, 7) is 8.71. The summed E-state index contributed by atoms with van der Waals surface area (Å²) in [6.07, 6.45) is 1.35. The van der Waals surface area contributed by atoms with Gasteiger partial charge in [0.15, 0.2) is 0 Å². The number of carbonyl (C=O) groups excluding carboxylic acids is 1. The van der Waals surface area contributed by atoms with Crippen LogP contribution >= 0.6 is 11.8 Å². The van der Waals surface area contributed by atoms with E-state index in [2.05, 4.69) is 54.6 Å². The van der Waals surface area contributed by atoms with Gasteiger partial charge in [-0.05, 0) is 66.3 Å². The van der Waals surface area contributed by atoms with E-state index in [9.17, 15) is 23.8 Å². The van der Waals surface area contributed by atoms with Gasteiger partial charge in [0.05, 0.1) is 17.2 Å². The van der Waals surface area contributed by atoms with Crippen molar-refractivity contribution in [3.05, 3.63) is 70.8 Å². The van der Waals surface area contributed by atoms with Gasteiger partial charge >= 0.3 is 0 Å². The van der Waals surface area contributed by atoms with Crippen molar-refractivity contribution >= 4 is 22.7 Å². The Bertz CT molecular complexity index is 1220. The number of carbonyl (C=O) groups is 1. The summed E-state index contributed by atoms with van der Waals surface area (Å²) in [4.78, 5) is 16.5. The molecule has 1 saturated carbocycles. The number of thioether (sulfide) groups is 1. The molecule has 1 amide bonds. The number of aliphatic hydroxyl groups excluding tert-OH is 1. The highest BCUT2D eigenvalue weighted by molar-refractivity contribution is 8.14. The van der Waals surface area contributed by atoms with Crippen LogP contribution in [0.2, 0.25) is 0 Å². The van der Waals surface area contributed by atoms with Gasteiger partial charge in [-0.25, -0.2) is 8.78 Å². The number of benzene rings is 2. The Hall–Kier alpha value is -2.33. The lowest BCUT2D eigenvalue weighted by Crippen LogP contribution is -2.55. The second-order valence-electron chi connectivity index (χ2n) is 12.2. The molecule has 4 N–H and O–H groups in total. The van der Waals surface area contributed by atoms with Crippen molar-refractivity contribution in [1.82, 2.24) is 10.6 Å². The largest absolute Gasteiger partial charge is 0.390 e. The van der Waals surface area contributed by atoms with Crippen molar-refractivity contribution in [2.75, 3.05) is 18.8 Å². The van der Waals surface area contributed by atoms with E-state index < -0.39 is 34.9 Å². The van der Waals surface area contributed by atoms with E-state index in [-0.39, 0.29) is 24.3 Å². The molecule has 1 aliphatic heterocycles. The molecule has 0 saturated heterocycles. The summed E-state index contributed by atoms with van der Waals surface area (Å²) in [5, 5.41) is 29.9. The molecule has 0 radical (unpaired) electrons. The summed E-state index contributed by atoms with van der Waals surface area (Å²) in [6, 6.07) is 10.9. The van der Waals surface area contributed by atoms with Crippen molar-refractivity contribution in [3.63, 3.8) is 0 Å². The third kappa shape index (κ3) is 7.29. The van der Waals surface area contributed by atoms with E-state index in [4.69, 9.17) is 0 Å². The average Bonchev–Trinajstić information content (AvgIpc) is 3.43. The second-order valence-corrected chi connectivity index (χ2v) is 13.3. The van der Waals surface area contributed by atoms with E-state index in [1.54, 1.807) is 11.8 Å². The van der Waals surface area contributed by atoms with Crippen molar-refractivity contribution < 1.29 is 23.8 Å². The molecule has 2 aromatic carbocycles. The molecule has 1 heterocycles. The zero-order chi connectivity index (χ0) is 29.1. The number of halogens is 2. The van der Waals surface area contributed by atoms with Crippen LogP contribution in [0.4, 0.5) is 8.78 Å². The third-order valence-electron chi connectivity index (χ3n) is 8.08. The zero-order valence-corrected chi connectivity index (χ0v) is 24.6. The van der Waals surface area contributed by atoms with Crippen LogP contribution in [-0.4, -0.2) is 57.8 Å². The highest BCUT2D eigenvalue weighted by Gasteiger charge is 2.46. The van der Waals surface area contributed by atoms with Crippen LogP contribution in [0.3, 0.4) is 0 Å². The van der Waals surface area contributed by atoms with E-state index in [0.29, 0.717) is 31.2 Å². The third-order valence-corrected chi connectivity index (χ3v) is 9.25. The lowest BCUT2D eigenvalue weighted by molar-refractivity contribution is -0.120. The Morgan fingerprint density at radius 3 is 2.35 bits per heavy atom. The van der Waals surface area contributed by atoms with Gasteiger partial charge in [-0.1, -0.05) is 45.0 Å². The van der Waals surface area contributed by atoms with Crippen molar-refractivity contribution in [2.24, 2.45) is 4.99 Å². The van der Waals surface area contributed by atoms with Crippen molar-refractivity contribution in [3.8, 4) is 0 Å². The molecule has 2 atom stereocenters. The normalized spacial score (nSPS) is 24.9. The molecule has 4 rings (SSSR count). The predicted octanol–water partition coefficient (Wildman–Crippen LogP) is 4.61. The lowest BCUT2D eigenvalue weighted by Gasteiger charge is -2.46. The fraction of sp³-hybridized carbons (Fsp3) is 0.548. The minimum atomic E-state index is -1.03. The predicted molar refractivity (Wildman–Crippen MR) is 157 cm³/mol. The Labute approximate surface area is 240 Å². The standard InChI is InChI=1S/C31H41F2N3O3S/c1-20(37)36-26(16-21-14-24(32)18-25(33)15-21)27(38)19-35-30(23-7-5-6-22(17-23)29(2,3)4)8-10-31(39,11-9-30)28-34-12-13-40-28/h5-7,14-15,17-18,26-27,35,38-39H,8-13,16,19H2,1-4H3,(H,36,37)/t26-,27+,30?,31?/m0/s1. The summed E-state index contributed by atoms with van der Waals surface area (Å²) in [5.41, 5.74) is 1.08. The Kier molecular flexibility index (Phi) is 9.39. The van der Waals surface area contributed by atoms with Gasteiger partial charge in [-0.3, -0.25) is 9.79 Å². The Morgan fingerprint density at radius 1 is 1.10 bits per heavy atom. The topological polar surface area (TPSA) is 94.0 Å². The first-order valence-corrected chi connectivity index (χ1v) is 14.9. The van der Waals surface area contributed by atoms with Crippen LogP contribution in [0, 0.1) is 11.6 Å². The maximum atomic E-state index is 13.8. The fourth-order valence-corrected chi connectivity index (χ4v) is 6.77. The summed E-state index contributed by atoms with van der Waals surface area (Å²) >= 11 is 1.63. The molecule has 6 nitrogen and oxygen atoms in total. The van der Waals surface area contributed by atoms with Gasteiger partial charge in [0.25, 0.3) is 0 Å². The highest BCUT2D eigenvalue weighted by atomic mass is 32.2. The van der Waals surface area contributed by atoms with Gasteiger partial charge in [-0.2, -0.15) is 0 Å². The maximum Gasteiger partial charge on any atom is 0.217 e. The summed E-state index contributed by atoms with van der Waals surface area (Å²) in [5.74, 6) is -0.866. The second kappa shape index (κ2) is 12.3. The molecule has 218 valence electrons. The summed E-state index contributed by atoms with van der Waals surface area (Å²) in [7, 11) is 0. The van der Waals surface area contributed by atoms with Crippen LogP contribution < -0.4 is 10.6 Å². The van der Waals surface area contributed by atoms with Gasteiger partial charge in [0.2, 0.25) is 5.91 Å². The minimum Gasteiger partial charge on any atom is -0.390 e. The number of hydrogen-bond donors (Lipinski definition) is 4. The molecule has 0 spiro atoms. The monoisotopic (exact) mass is 573 g/mol. The zero-order valence-electron chi connectivity index (χ0n) is 23.8. The van der Waals surface area contributed by atoms with Crippen LogP contribution in [0.25, 0.3) is 0 Å². The fourth-order valence-electron chi connectivity index (χ4n) is 5.74. The molecule has 40 heavy (non-hydrogen) atoms. The van der Waals surface area contributed by atoms with Crippen LogP contribution in [0.5, 0.6) is 0 Å².